The van der Waals surface area contributed by atoms with Crippen LogP contribution in [0.5, 0.6) is 0 Å². The summed E-state index contributed by atoms with van der Waals surface area (Å²) >= 11 is 0. The zero-order valence-corrected chi connectivity index (χ0v) is 12.7. The molecule has 0 fully saturated rings. The van der Waals surface area contributed by atoms with Gasteiger partial charge in [0.25, 0.3) is 0 Å². The lowest BCUT2D eigenvalue weighted by molar-refractivity contribution is 0.0696. The van der Waals surface area contributed by atoms with Crippen molar-refractivity contribution in [3.8, 4) is 5.69 Å². The van der Waals surface area contributed by atoms with Crippen LogP contribution in [0, 0.1) is 13.8 Å². The molecule has 0 spiro atoms. The third kappa shape index (κ3) is 2.36. The van der Waals surface area contributed by atoms with Crippen LogP contribution in [0.3, 0.4) is 0 Å². The number of aryl methyl sites for hydroxylation is 1. The van der Waals surface area contributed by atoms with Gasteiger partial charge in [0.05, 0.1) is 5.56 Å². The number of nitrogens with zero attached hydrogens (tertiary/aromatic N) is 1. The Labute approximate surface area is 119 Å². The molecule has 2 rings (SSSR count). The van der Waals surface area contributed by atoms with Crippen molar-refractivity contribution in [1.82, 2.24) is 4.57 Å². The van der Waals surface area contributed by atoms with E-state index in [1.165, 1.54) is 5.56 Å². The largest absolute Gasteiger partial charge is 0.478 e. The molecular weight excluding hydrogens is 250 g/mol. The van der Waals surface area contributed by atoms with Crippen LogP contribution in [-0.2, 0) is 5.41 Å². The zero-order valence-electron chi connectivity index (χ0n) is 12.7. The van der Waals surface area contributed by atoms with Crippen LogP contribution >= 0.6 is 0 Å². The van der Waals surface area contributed by atoms with Crippen LogP contribution in [0.2, 0.25) is 0 Å². The number of aromatic nitrogens is 1. The van der Waals surface area contributed by atoms with Gasteiger partial charge in [-0.05, 0) is 37.0 Å². The fraction of sp³-hybridized carbons (Fsp3) is 0.353. The topological polar surface area (TPSA) is 42.2 Å². The van der Waals surface area contributed by atoms with Gasteiger partial charge in [-0.25, -0.2) is 4.79 Å². The standard InChI is InChI=1S/C17H21NO2/c1-11-10-13(16(19)20)12(2)18(11)15-9-7-6-8-14(15)17(3,4)5/h6-10H,1-5H3,(H,19,20). The van der Waals surface area contributed by atoms with E-state index in [4.69, 9.17) is 0 Å². The number of hydrogen-bond donors (Lipinski definition) is 1. The van der Waals surface area contributed by atoms with Crippen molar-refractivity contribution in [2.45, 2.75) is 40.0 Å². The summed E-state index contributed by atoms with van der Waals surface area (Å²) in [5, 5.41) is 9.27. The Bertz CT molecular complexity index is 660. The zero-order chi connectivity index (χ0) is 15.1. The number of aromatic carboxylic acids is 1. The molecule has 0 unspecified atom stereocenters. The summed E-state index contributed by atoms with van der Waals surface area (Å²) in [6.07, 6.45) is 0. The van der Waals surface area contributed by atoms with Gasteiger partial charge in [0.15, 0.2) is 0 Å². The minimum absolute atomic E-state index is 0.00311. The van der Waals surface area contributed by atoms with E-state index in [2.05, 4.69) is 26.8 Å². The number of para-hydroxylation sites is 1. The summed E-state index contributed by atoms with van der Waals surface area (Å²) in [5.41, 5.74) is 4.35. The molecule has 20 heavy (non-hydrogen) atoms. The summed E-state index contributed by atoms with van der Waals surface area (Å²) < 4.78 is 2.03. The highest BCUT2D eigenvalue weighted by molar-refractivity contribution is 5.89. The molecule has 0 aliphatic heterocycles. The summed E-state index contributed by atoms with van der Waals surface area (Å²) in [6, 6.07) is 9.90. The van der Waals surface area contributed by atoms with Gasteiger partial charge >= 0.3 is 5.97 Å². The first-order valence-electron chi connectivity index (χ1n) is 6.75. The van der Waals surface area contributed by atoms with Crippen molar-refractivity contribution >= 4 is 5.97 Å². The number of carbonyl (C=O) groups is 1. The predicted molar refractivity (Wildman–Crippen MR) is 80.9 cm³/mol. The maximum absolute atomic E-state index is 11.3. The Balaban J connectivity index is 2.73. The van der Waals surface area contributed by atoms with Gasteiger partial charge in [-0.15, -0.1) is 0 Å². The molecule has 0 radical (unpaired) electrons. The van der Waals surface area contributed by atoms with Gasteiger partial charge in [-0.3, -0.25) is 0 Å². The van der Waals surface area contributed by atoms with Crippen LogP contribution in [0.1, 0.15) is 48.1 Å². The summed E-state index contributed by atoms with van der Waals surface area (Å²) in [5.74, 6) is -0.877. The Kier molecular flexibility index (Phi) is 3.46. The molecule has 2 aromatic rings. The highest BCUT2D eigenvalue weighted by Gasteiger charge is 2.22. The average Bonchev–Trinajstić information content (AvgIpc) is 2.64. The van der Waals surface area contributed by atoms with Crippen molar-refractivity contribution < 1.29 is 9.90 Å². The summed E-state index contributed by atoms with van der Waals surface area (Å²) in [7, 11) is 0. The third-order valence-corrected chi connectivity index (χ3v) is 3.61. The molecule has 1 aromatic heterocycles. The lowest BCUT2D eigenvalue weighted by Crippen LogP contribution is -2.16. The third-order valence-electron chi connectivity index (χ3n) is 3.61. The monoisotopic (exact) mass is 271 g/mol. The van der Waals surface area contributed by atoms with Crippen molar-refractivity contribution in [3.63, 3.8) is 0 Å². The van der Waals surface area contributed by atoms with Gasteiger partial charge in [0.1, 0.15) is 0 Å². The molecule has 0 aliphatic carbocycles. The molecule has 0 saturated heterocycles. The normalized spacial score (nSPS) is 11.7. The Morgan fingerprint density at radius 2 is 1.75 bits per heavy atom. The Hall–Kier alpha value is -2.03. The SMILES string of the molecule is Cc1cc(C(=O)O)c(C)n1-c1ccccc1C(C)(C)C. The molecule has 0 saturated carbocycles. The number of carboxylic acids is 1. The maximum atomic E-state index is 11.3. The Morgan fingerprint density at radius 3 is 2.25 bits per heavy atom. The van der Waals surface area contributed by atoms with Gasteiger partial charge in [0, 0.05) is 17.1 Å². The van der Waals surface area contributed by atoms with Crippen molar-refractivity contribution in [3.05, 3.63) is 52.8 Å². The van der Waals surface area contributed by atoms with Crippen LogP contribution in [0.25, 0.3) is 5.69 Å². The second kappa shape index (κ2) is 4.82. The molecule has 106 valence electrons. The number of hydrogen-bond acceptors (Lipinski definition) is 1. The highest BCUT2D eigenvalue weighted by atomic mass is 16.4. The first-order valence-corrected chi connectivity index (χ1v) is 6.75. The molecule has 0 amide bonds. The minimum atomic E-state index is -0.877. The quantitative estimate of drug-likeness (QED) is 0.894. The van der Waals surface area contributed by atoms with E-state index in [1.54, 1.807) is 6.07 Å². The fourth-order valence-electron chi connectivity index (χ4n) is 2.65. The van der Waals surface area contributed by atoms with E-state index >= 15 is 0 Å². The van der Waals surface area contributed by atoms with Crippen LogP contribution in [-0.4, -0.2) is 15.6 Å². The van der Waals surface area contributed by atoms with Gasteiger partial charge in [-0.2, -0.15) is 0 Å². The molecule has 3 heteroatoms. The molecule has 0 atom stereocenters. The first-order chi connectivity index (χ1) is 9.23. The number of benzene rings is 1. The van der Waals surface area contributed by atoms with Crippen molar-refractivity contribution in [2.75, 3.05) is 0 Å². The van der Waals surface area contributed by atoms with E-state index in [0.717, 1.165) is 17.1 Å². The van der Waals surface area contributed by atoms with Crippen LogP contribution < -0.4 is 0 Å². The second-order valence-electron chi connectivity index (χ2n) is 6.19. The maximum Gasteiger partial charge on any atom is 0.337 e. The number of carboxylic acid groups (broad SMARTS) is 1. The minimum Gasteiger partial charge on any atom is -0.478 e. The number of rotatable bonds is 2. The lowest BCUT2D eigenvalue weighted by Gasteiger charge is -2.24. The van der Waals surface area contributed by atoms with Crippen molar-refractivity contribution in [1.29, 1.82) is 0 Å². The first kappa shape index (κ1) is 14.4. The van der Waals surface area contributed by atoms with E-state index in [9.17, 15) is 9.90 Å². The van der Waals surface area contributed by atoms with Gasteiger partial charge in [0.2, 0.25) is 0 Å². The molecule has 0 aliphatic rings. The van der Waals surface area contributed by atoms with Crippen molar-refractivity contribution in [2.24, 2.45) is 0 Å². The Morgan fingerprint density at radius 1 is 1.15 bits per heavy atom. The highest BCUT2D eigenvalue weighted by Crippen LogP contribution is 2.31. The van der Waals surface area contributed by atoms with Gasteiger partial charge < -0.3 is 9.67 Å². The van der Waals surface area contributed by atoms with E-state index < -0.39 is 5.97 Å². The second-order valence-corrected chi connectivity index (χ2v) is 6.19. The van der Waals surface area contributed by atoms with Crippen LogP contribution in [0.4, 0.5) is 0 Å². The van der Waals surface area contributed by atoms with Crippen LogP contribution in [0.15, 0.2) is 30.3 Å². The molecule has 0 bridgehead atoms. The van der Waals surface area contributed by atoms with E-state index in [-0.39, 0.29) is 5.41 Å². The average molecular weight is 271 g/mol. The summed E-state index contributed by atoms with van der Waals surface area (Å²) in [4.78, 5) is 11.3. The molecule has 1 heterocycles. The molecule has 1 aromatic carbocycles. The molecular formula is C17H21NO2. The fourth-order valence-corrected chi connectivity index (χ4v) is 2.65. The van der Waals surface area contributed by atoms with Gasteiger partial charge in [-0.1, -0.05) is 39.0 Å². The predicted octanol–water partition coefficient (Wildman–Crippen LogP) is 4.09. The van der Waals surface area contributed by atoms with E-state index in [0.29, 0.717) is 5.56 Å². The molecule has 1 N–H and O–H groups in total. The van der Waals surface area contributed by atoms with E-state index in [1.807, 2.05) is 36.6 Å². The smallest absolute Gasteiger partial charge is 0.337 e. The lowest BCUT2D eigenvalue weighted by atomic mass is 9.85. The molecule has 3 nitrogen and oxygen atoms in total. The summed E-state index contributed by atoms with van der Waals surface area (Å²) in [6.45, 7) is 10.3.